The third-order valence-electron chi connectivity index (χ3n) is 2.44. The van der Waals surface area contributed by atoms with Crippen LogP contribution in [-0.4, -0.2) is 35.3 Å². The van der Waals surface area contributed by atoms with E-state index < -0.39 is 6.10 Å². The zero-order valence-corrected chi connectivity index (χ0v) is 10.6. The summed E-state index contributed by atoms with van der Waals surface area (Å²) in [4.78, 5) is 2.02. The zero-order valence-electron chi connectivity index (χ0n) is 9.79. The highest BCUT2D eigenvalue weighted by molar-refractivity contribution is 7.98. The third kappa shape index (κ3) is 4.38. The van der Waals surface area contributed by atoms with E-state index in [1.807, 2.05) is 18.2 Å². The lowest BCUT2D eigenvalue weighted by Gasteiger charge is -2.28. The molecule has 0 saturated heterocycles. The molecule has 0 aliphatic rings. The van der Waals surface area contributed by atoms with Crippen LogP contribution in [0.4, 0.5) is 0 Å². The molecule has 0 rings (SSSR count). The molecule has 0 aliphatic carbocycles. The molecule has 0 heterocycles. The Labute approximate surface area is 92.4 Å². The van der Waals surface area contributed by atoms with Gasteiger partial charge in [0, 0.05) is 12.7 Å². The van der Waals surface area contributed by atoms with Crippen molar-refractivity contribution in [3.63, 3.8) is 0 Å². The third-order valence-corrected chi connectivity index (χ3v) is 3.08. The zero-order chi connectivity index (χ0) is 11.1. The number of nitrogens with zero attached hydrogens (tertiary/aromatic N) is 1. The number of thioether (sulfide) groups is 1. The topological polar surface area (TPSA) is 23.5 Å². The first-order valence-corrected chi connectivity index (χ1v) is 6.50. The maximum Gasteiger partial charge on any atom is 0.0955 e. The summed E-state index contributed by atoms with van der Waals surface area (Å²) in [6.45, 7) is 8.15. The number of aliphatic hydroxyl groups is 1. The Morgan fingerprint density at radius 3 is 2.57 bits per heavy atom. The van der Waals surface area contributed by atoms with Gasteiger partial charge in [-0.15, -0.1) is 11.8 Å². The minimum atomic E-state index is -0.396. The smallest absolute Gasteiger partial charge is 0.0955 e. The summed E-state index contributed by atoms with van der Waals surface area (Å²) < 4.78 is 0. The van der Waals surface area contributed by atoms with Gasteiger partial charge >= 0.3 is 0 Å². The molecule has 0 radical (unpaired) electrons. The standard InChI is InChI=1S/C11H23NOS/c1-6-7-9(2)11(13)10(3)12(4)8-14-5/h9,11,13H,3,6-8H2,1-2,4-5H3. The largest absolute Gasteiger partial charge is 0.387 e. The van der Waals surface area contributed by atoms with Gasteiger partial charge in [0.05, 0.1) is 12.0 Å². The summed E-state index contributed by atoms with van der Waals surface area (Å²) >= 11 is 1.73. The first-order chi connectivity index (χ1) is 6.54. The highest BCUT2D eigenvalue weighted by Crippen LogP contribution is 2.19. The average molecular weight is 217 g/mol. The van der Waals surface area contributed by atoms with Gasteiger partial charge in [-0.2, -0.15) is 0 Å². The number of rotatable bonds is 7. The van der Waals surface area contributed by atoms with Crippen LogP contribution in [0.3, 0.4) is 0 Å². The second kappa shape index (κ2) is 7.18. The van der Waals surface area contributed by atoms with Gasteiger partial charge in [0.2, 0.25) is 0 Å². The average Bonchev–Trinajstić information content (AvgIpc) is 2.16. The predicted molar refractivity (Wildman–Crippen MR) is 65.4 cm³/mol. The van der Waals surface area contributed by atoms with Crippen LogP contribution >= 0.6 is 11.8 Å². The molecule has 0 aromatic heterocycles. The highest BCUT2D eigenvalue weighted by Gasteiger charge is 2.18. The van der Waals surface area contributed by atoms with Gasteiger partial charge in [-0.1, -0.05) is 26.8 Å². The molecule has 2 unspecified atom stereocenters. The molecule has 1 N–H and O–H groups in total. The molecular weight excluding hydrogens is 194 g/mol. The molecule has 0 aromatic carbocycles. The van der Waals surface area contributed by atoms with Crippen molar-refractivity contribution in [3.8, 4) is 0 Å². The second-order valence-electron chi connectivity index (χ2n) is 3.82. The number of likely N-dealkylation sites (N-methyl/N-ethyl adjacent to an activating group) is 1. The molecule has 84 valence electrons. The van der Waals surface area contributed by atoms with E-state index >= 15 is 0 Å². The molecule has 2 nitrogen and oxygen atoms in total. The quantitative estimate of drug-likeness (QED) is 0.663. The van der Waals surface area contributed by atoms with Crippen LogP contribution in [0.1, 0.15) is 26.7 Å². The van der Waals surface area contributed by atoms with Crippen LogP contribution in [0, 0.1) is 5.92 Å². The number of hydrogen-bond acceptors (Lipinski definition) is 3. The van der Waals surface area contributed by atoms with Crippen molar-refractivity contribution in [1.82, 2.24) is 4.90 Å². The van der Waals surface area contributed by atoms with E-state index in [2.05, 4.69) is 20.4 Å². The Morgan fingerprint density at radius 1 is 1.57 bits per heavy atom. The normalized spacial score (nSPS) is 14.9. The Bertz CT molecular complexity index is 173. The molecule has 0 amide bonds. The van der Waals surface area contributed by atoms with Crippen molar-refractivity contribution in [1.29, 1.82) is 0 Å². The van der Waals surface area contributed by atoms with Gasteiger partial charge in [0.1, 0.15) is 0 Å². The minimum absolute atomic E-state index is 0.303. The molecule has 0 aromatic rings. The Morgan fingerprint density at radius 2 is 2.14 bits per heavy atom. The summed E-state index contributed by atoms with van der Waals surface area (Å²) in [5.41, 5.74) is 0.834. The lowest BCUT2D eigenvalue weighted by molar-refractivity contribution is 0.120. The van der Waals surface area contributed by atoms with Crippen LogP contribution in [-0.2, 0) is 0 Å². The van der Waals surface area contributed by atoms with E-state index in [-0.39, 0.29) is 0 Å². The summed E-state index contributed by atoms with van der Waals surface area (Å²) in [5.74, 6) is 1.19. The van der Waals surface area contributed by atoms with E-state index in [1.54, 1.807) is 11.8 Å². The van der Waals surface area contributed by atoms with Crippen LogP contribution in [0.25, 0.3) is 0 Å². The van der Waals surface area contributed by atoms with Crippen LogP contribution in [0.15, 0.2) is 12.3 Å². The molecule has 0 saturated carbocycles. The monoisotopic (exact) mass is 217 g/mol. The molecular formula is C11H23NOS. The minimum Gasteiger partial charge on any atom is -0.387 e. The molecule has 3 heteroatoms. The maximum absolute atomic E-state index is 9.96. The fourth-order valence-corrected chi connectivity index (χ4v) is 2.00. The summed E-state index contributed by atoms with van der Waals surface area (Å²) in [6.07, 6.45) is 3.81. The van der Waals surface area contributed by atoms with Gasteiger partial charge in [0.25, 0.3) is 0 Å². The molecule has 0 fully saturated rings. The highest BCUT2D eigenvalue weighted by atomic mass is 32.2. The maximum atomic E-state index is 9.96. The summed E-state index contributed by atoms with van der Waals surface area (Å²) in [7, 11) is 1.97. The fraction of sp³-hybridized carbons (Fsp3) is 0.818. The molecule has 0 bridgehead atoms. The molecule has 0 aliphatic heterocycles. The van der Waals surface area contributed by atoms with E-state index in [0.29, 0.717) is 5.92 Å². The van der Waals surface area contributed by atoms with Crippen molar-refractivity contribution >= 4 is 11.8 Å². The molecule has 0 spiro atoms. The van der Waals surface area contributed by atoms with Gasteiger partial charge in [-0.05, 0) is 18.6 Å². The Balaban J connectivity index is 4.09. The van der Waals surface area contributed by atoms with Crippen LogP contribution in [0.2, 0.25) is 0 Å². The number of hydrogen-bond donors (Lipinski definition) is 1. The van der Waals surface area contributed by atoms with E-state index in [9.17, 15) is 5.11 Å². The van der Waals surface area contributed by atoms with E-state index in [4.69, 9.17) is 0 Å². The first-order valence-electron chi connectivity index (χ1n) is 5.11. The van der Waals surface area contributed by atoms with Crippen molar-refractivity contribution < 1.29 is 5.11 Å². The van der Waals surface area contributed by atoms with Crippen molar-refractivity contribution in [2.75, 3.05) is 19.2 Å². The lowest BCUT2D eigenvalue weighted by atomic mass is 9.97. The van der Waals surface area contributed by atoms with Crippen molar-refractivity contribution in [2.24, 2.45) is 5.92 Å². The molecule has 2 atom stereocenters. The van der Waals surface area contributed by atoms with E-state index in [0.717, 1.165) is 24.4 Å². The van der Waals surface area contributed by atoms with Crippen molar-refractivity contribution in [3.05, 3.63) is 12.3 Å². The SMILES string of the molecule is C=C(C(O)C(C)CCC)N(C)CSC. The predicted octanol–water partition coefficient (Wildman–Crippen LogP) is 2.55. The van der Waals surface area contributed by atoms with E-state index in [1.165, 1.54) is 0 Å². The Kier molecular flexibility index (Phi) is 7.11. The van der Waals surface area contributed by atoms with Crippen molar-refractivity contribution in [2.45, 2.75) is 32.8 Å². The summed E-state index contributed by atoms with van der Waals surface area (Å²) in [6, 6.07) is 0. The van der Waals surface area contributed by atoms with Gasteiger partial charge in [-0.25, -0.2) is 0 Å². The summed E-state index contributed by atoms with van der Waals surface area (Å²) in [5, 5.41) is 9.96. The van der Waals surface area contributed by atoms with Gasteiger partial charge in [0.15, 0.2) is 0 Å². The molecule has 14 heavy (non-hydrogen) atoms. The Hall–Kier alpha value is -0.150. The fourth-order valence-electron chi connectivity index (χ4n) is 1.44. The van der Waals surface area contributed by atoms with Gasteiger partial charge in [-0.3, -0.25) is 0 Å². The van der Waals surface area contributed by atoms with Crippen LogP contribution in [0.5, 0.6) is 0 Å². The van der Waals surface area contributed by atoms with Gasteiger partial charge < -0.3 is 10.0 Å². The first kappa shape index (κ1) is 13.8. The lowest BCUT2D eigenvalue weighted by Crippen LogP contribution is -2.30. The van der Waals surface area contributed by atoms with Crippen LogP contribution < -0.4 is 0 Å². The second-order valence-corrected chi connectivity index (χ2v) is 4.65. The number of aliphatic hydroxyl groups excluding tert-OH is 1.